The van der Waals surface area contributed by atoms with E-state index in [9.17, 15) is 18.8 Å². The molecule has 2 aliphatic rings. The summed E-state index contributed by atoms with van der Waals surface area (Å²) < 4.78 is 13.5. The zero-order chi connectivity index (χ0) is 18.0. The normalized spacial score (nSPS) is 20.7. The number of carbonyl (C=O) groups excluding carboxylic acids is 3. The first-order valence-corrected chi connectivity index (χ1v) is 8.58. The highest BCUT2D eigenvalue weighted by atomic mass is 19.1. The van der Waals surface area contributed by atoms with Gasteiger partial charge in [0.15, 0.2) is 0 Å². The number of hydrogen-bond acceptors (Lipinski definition) is 3. The second kappa shape index (κ2) is 7.21. The van der Waals surface area contributed by atoms with Gasteiger partial charge in [0.05, 0.1) is 6.04 Å². The highest BCUT2D eigenvalue weighted by Crippen LogP contribution is 2.32. The van der Waals surface area contributed by atoms with Crippen LogP contribution in [-0.4, -0.2) is 59.2 Å². The monoisotopic (exact) mass is 347 g/mol. The Morgan fingerprint density at radius 2 is 2.12 bits per heavy atom. The zero-order valence-electron chi connectivity index (χ0n) is 14.3. The summed E-state index contributed by atoms with van der Waals surface area (Å²) in [5, 5.41) is 0. The van der Waals surface area contributed by atoms with E-state index < -0.39 is 0 Å². The van der Waals surface area contributed by atoms with Crippen molar-refractivity contribution in [3.05, 3.63) is 35.6 Å². The first-order chi connectivity index (χ1) is 12.0. The summed E-state index contributed by atoms with van der Waals surface area (Å²) in [7, 11) is 1.58. The molecule has 2 heterocycles. The number of urea groups is 1. The third-order valence-electron chi connectivity index (χ3n) is 4.81. The molecule has 3 rings (SSSR count). The Morgan fingerprint density at radius 3 is 2.80 bits per heavy atom. The van der Waals surface area contributed by atoms with Crippen molar-refractivity contribution in [1.82, 2.24) is 14.7 Å². The third-order valence-corrected chi connectivity index (χ3v) is 4.81. The Kier molecular flexibility index (Phi) is 5.01. The van der Waals surface area contributed by atoms with Gasteiger partial charge in [0.2, 0.25) is 11.8 Å². The van der Waals surface area contributed by atoms with Crippen molar-refractivity contribution in [3.63, 3.8) is 0 Å². The van der Waals surface area contributed by atoms with Crippen LogP contribution in [0.1, 0.15) is 37.3 Å². The second-order valence-corrected chi connectivity index (χ2v) is 6.59. The molecule has 0 radical (unpaired) electrons. The van der Waals surface area contributed by atoms with Crippen LogP contribution in [0.15, 0.2) is 24.3 Å². The molecular weight excluding hydrogens is 325 g/mol. The van der Waals surface area contributed by atoms with Crippen molar-refractivity contribution < 1.29 is 18.8 Å². The molecule has 25 heavy (non-hydrogen) atoms. The lowest BCUT2D eigenvalue weighted by atomic mass is 10.0. The molecule has 134 valence electrons. The number of carbonyl (C=O) groups is 3. The van der Waals surface area contributed by atoms with Crippen LogP contribution in [0, 0.1) is 5.82 Å². The molecule has 0 spiro atoms. The van der Waals surface area contributed by atoms with E-state index in [-0.39, 0.29) is 49.2 Å². The van der Waals surface area contributed by atoms with E-state index in [1.165, 1.54) is 21.9 Å². The average Bonchev–Trinajstić information content (AvgIpc) is 3.15. The Morgan fingerprint density at radius 1 is 1.32 bits per heavy atom. The van der Waals surface area contributed by atoms with Crippen molar-refractivity contribution >= 4 is 17.8 Å². The van der Waals surface area contributed by atoms with Gasteiger partial charge < -0.3 is 9.80 Å². The van der Waals surface area contributed by atoms with E-state index in [1.54, 1.807) is 18.0 Å². The number of nitrogens with zero attached hydrogens (tertiary/aromatic N) is 3. The summed E-state index contributed by atoms with van der Waals surface area (Å²) >= 11 is 0. The Bertz CT molecular complexity index is 694. The summed E-state index contributed by atoms with van der Waals surface area (Å²) in [5.41, 5.74) is 0.817. The van der Waals surface area contributed by atoms with E-state index in [4.69, 9.17) is 0 Å². The number of likely N-dealkylation sites (N-methyl/N-ethyl adjacent to an activating group) is 1. The molecule has 1 aromatic rings. The smallest absolute Gasteiger partial charge is 0.326 e. The summed E-state index contributed by atoms with van der Waals surface area (Å²) in [6.45, 7) is 1.01. The van der Waals surface area contributed by atoms with Gasteiger partial charge in [-0.15, -0.1) is 0 Å². The van der Waals surface area contributed by atoms with Crippen molar-refractivity contribution in [3.8, 4) is 0 Å². The molecule has 6 nitrogen and oxygen atoms in total. The second-order valence-electron chi connectivity index (χ2n) is 6.59. The van der Waals surface area contributed by atoms with Gasteiger partial charge in [-0.1, -0.05) is 12.1 Å². The Balaban J connectivity index is 1.56. The molecule has 2 saturated heterocycles. The molecule has 0 saturated carbocycles. The van der Waals surface area contributed by atoms with Gasteiger partial charge in [0.25, 0.3) is 0 Å². The van der Waals surface area contributed by atoms with Crippen LogP contribution >= 0.6 is 0 Å². The topological polar surface area (TPSA) is 60.9 Å². The Labute approximate surface area is 146 Å². The maximum atomic E-state index is 13.5. The van der Waals surface area contributed by atoms with Gasteiger partial charge in [-0.3, -0.25) is 14.5 Å². The van der Waals surface area contributed by atoms with Crippen LogP contribution in [0.25, 0.3) is 0 Å². The molecule has 0 aromatic heterocycles. The summed E-state index contributed by atoms with van der Waals surface area (Å²) in [6, 6.07) is 5.98. The van der Waals surface area contributed by atoms with Gasteiger partial charge in [0.1, 0.15) is 12.4 Å². The van der Waals surface area contributed by atoms with Crippen LogP contribution in [0.5, 0.6) is 0 Å². The van der Waals surface area contributed by atoms with Crippen LogP contribution < -0.4 is 0 Å². The van der Waals surface area contributed by atoms with E-state index in [2.05, 4.69) is 0 Å². The lowest BCUT2D eigenvalue weighted by molar-refractivity contribution is -0.133. The number of amides is 4. The molecule has 1 aromatic carbocycles. The minimum absolute atomic E-state index is 0.0146. The lowest BCUT2D eigenvalue weighted by Gasteiger charge is -2.25. The number of imide groups is 1. The highest BCUT2D eigenvalue weighted by molar-refractivity contribution is 6.01. The quantitative estimate of drug-likeness (QED) is 0.767. The van der Waals surface area contributed by atoms with Crippen LogP contribution in [0.4, 0.5) is 9.18 Å². The molecule has 0 aliphatic carbocycles. The molecule has 2 fully saturated rings. The van der Waals surface area contributed by atoms with Crippen LogP contribution in [-0.2, 0) is 9.59 Å². The number of hydrogen-bond donors (Lipinski definition) is 0. The predicted octanol–water partition coefficient (Wildman–Crippen LogP) is 2.16. The van der Waals surface area contributed by atoms with Crippen molar-refractivity contribution in [1.29, 1.82) is 0 Å². The fourth-order valence-corrected chi connectivity index (χ4v) is 3.55. The van der Waals surface area contributed by atoms with E-state index >= 15 is 0 Å². The van der Waals surface area contributed by atoms with E-state index in [1.807, 2.05) is 6.07 Å². The average molecular weight is 347 g/mol. The molecule has 1 atom stereocenters. The zero-order valence-corrected chi connectivity index (χ0v) is 14.3. The van der Waals surface area contributed by atoms with Gasteiger partial charge in [-0.05, 0) is 37.0 Å². The number of halogens is 1. The van der Waals surface area contributed by atoms with E-state index in [0.717, 1.165) is 18.4 Å². The van der Waals surface area contributed by atoms with Crippen LogP contribution in [0.2, 0.25) is 0 Å². The third kappa shape index (κ3) is 3.65. The maximum absolute atomic E-state index is 13.5. The summed E-state index contributed by atoms with van der Waals surface area (Å²) in [4.78, 5) is 40.4. The maximum Gasteiger partial charge on any atom is 0.326 e. The fraction of sp³-hybridized carbons (Fsp3) is 0.500. The number of likely N-dealkylation sites (tertiary alicyclic amines) is 1. The SMILES string of the molecule is CN1CC(=O)N(CCCC(=O)N2CCC[C@H]2c2cccc(F)c2)C1=O. The number of benzene rings is 1. The molecule has 0 unspecified atom stereocenters. The van der Waals surface area contributed by atoms with Gasteiger partial charge in [0, 0.05) is 26.6 Å². The molecular formula is C18H22FN3O3. The lowest BCUT2D eigenvalue weighted by Crippen LogP contribution is -2.34. The highest BCUT2D eigenvalue weighted by Gasteiger charge is 2.34. The van der Waals surface area contributed by atoms with Gasteiger partial charge >= 0.3 is 6.03 Å². The molecule has 0 bridgehead atoms. The summed E-state index contributed by atoms with van der Waals surface area (Å²) in [6.07, 6.45) is 2.42. The molecule has 2 aliphatic heterocycles. The van der Waals surface area contributed by atoms with Crippen molar-refractivity contribution in [2.45, 2.75) is 31.7 Å². The number of rotatable bonds is 5. The van der Waals surface area contributed by atoms with Crippen molar-refractivity contribution in [2.24, 2.45) is 0 Å². The molecule has 4 amide bonds. The largest absolute Gasteiger partial charge is 0.336 e. The fourth-order valence-electron chi connectivity index (χ4n) is 3.55. The Hall–Kier alpha value is -2.44. The van der Waals surface area contributed by atoms with Crippen molar-refractivity contribution in [2.75, 3.05) is 26.7 Å². The standard InChI is InChI=1S/C18H22FN3O3/c1-20-12-17(24)22(18(20)25)10-4-8-16(23)21-9-3-7-15(21)13-5-2-6-14(19)11-13/h2,5-6,11,15H,3-4,7-10,12H2,1H3/t15-/m0/s1. The summed E-state index contributed by atoms with van der Waals surface area (Å²) in [5.74, 6) is -0.537. The van der Waals surface area contributed by atoms with Crippen LogP contribution in [0.3, 0.4) is 0 Å². The van der Waals surface area contributed by atoms with E-state index in [0.29, 0.717) is 13.0 Å². The first kappa shape index (κ1) is 17.4. The minimum atomic E-state index is -0.309. The van der Waals surface area contributed by atoms with Gasteiger partial charge in [-0.2, -0.15) is 0 Å². The molecule has 7 heteroatoms. The minimum Gasteiger partial charge on any atom is -0.336 e. The molecule has 0 N–H and O–H groups in total. The predicted molar refractivity (Wildman–Crippen MR) is 89.1 cm³/mol. The first-order valence-electron chi connectivity index (χ1n) is 8.58. The van der Waals surface area contributed by atoms with Gasteiger partial charge in [-0.25, -0.2) is 9.18 Å².